The fourth-order valence-electron chi connectivity index (χ4n) is 5.72. The van der Waals surface area contributed by atoms with Gasteiger partial charge >= 0.3 is 29.1 Å². The molecule has 20 heteroatoms. The minimum atomic E-state index is -2.26. The maximum atomic E-state index is 11.9. The molecule has 0 aromatic heterocycles. The van der Waals surface area contributed by atoms with Crippen LogP contribution in [-0.4, -0.2) is 155 Å². The minimum Gasteiger partial charge on any atom is -0.459 e. The van der Waals surface area contributed by atoms with E-state index in [9.17, 15) is 9.59 Å². The highest BCUT2D eigenvalue weighted by molar-refractivity contribution is 6.88. The summed E-state index contributed by atoms with van der Waals surface area (Å²) in [6, 6.07) is 1.77. The first-order valence-corrected chi connectivity index (χ1v) is 39.9. The second kappa shape index (κ2) is 30.5. The van der Waals surface area contributed by atoms with Crippen molar-refractivity contribution >= 4 is 62.3 Å². The number of hydrogen-bond acceptors (Lipinski definition) is 14. The summed E-state index contributed by atoms with van der Waals surface area (Å²) >= 11 is 0. The molecule has 0 bridgehead atoms. The molecule has 14 nitrogen and oxygen atoms in total. The van der Waals surface area contributed by atoms with Crippen LogP contribution in [0, 0.1) is 0 Å². The number of hydrogen-bond donors (Lipinski definition) is 0. The van der Waals surface area contributed by atoms with Crippen molar-refractivity contribution in [1.82, 2.24) is 0 Å². The van der Waals surface area contributed by atoms with Crippen molar-refractivity contribution in [3.63, 3.8) is 0 Å². The lowest BCUT2D eigenvalue weighted by molar-refractivity contribution is -0.151. The molecule has 0 aromatic carbocycles. The molecule has 0 rings (SSSR count). The van der Waals surface area contributed by atoms with E-state index in [4.69, 9.17) is 54.4 Å². The Morgan fingerprint density at radius 1 is 0.467 bits per heavy atom. The van der Waals surface area contributed by atoms with Gasteiger partial charge in [0, 0.05) is 38.6 Å². The summed E-state index contributed by atoms with van der Waals surface area (Å²) in [6.45, 7) is 45.1. The lowest BCUT2D eigenvalue weighted by atomic mass is 10.3. The van der Waals surface area contributed by atoms with Gasteiger partial charge in [0.15, 0.2) is 33.3 Å². The van der Waals surface area contributed by atoms with Crippen molar-refractivity contribution in [2.45, 2.75) is 143 Å². The minimum absolute atomic E-state index is 0.124. The summed E-state index contributed by atoms with van der Waals surface area (Å²) in [6.07, 6.45) is 0.868. The van der Waals surface area contributed by atoms with Crippen LogP contribution in [-0.2, 0) is 63.9 Å². The van der Waals surface area contributed by atoms with E-state index < -0.39 is 68.4 Å². The first-order chi connectivity index (χ1) is 27.3. The van der Waals surface area contributed by atoms with E-state index in [1.807, 2.05) is 0 Å². The Hall–Kier alpha value is -0.679. The molecule has 0 radical (unpaired) electrons. The lowest BCUT2D eigenvalue weighted by Gasteiger charge is -2.38. The van der Waals surface area contributed by atoms with Gasteiger partial charge in [-0.1, -0.05) is 13.2 Å². The molecule has 0 amide bonds. The number of rotatable bonds is 34. The quantitative estimate of drug-likeness (QED) is 0.0263. The van der Waals surface area contributed by atoms with Crippen LogP contribution in [0.2, 0.25) is 104 Å². The third kappa shape index (κ3) is 37.8. The van der Waals surface area contributed by atoms with E-state index in [-0.39, 0.29) is 25.9 Å². The average Bonchev–Trinajstić information content (AvgIpc) is 3.04. The summed E-state index contributed by atoms with van der Waals surface area (Å²) in [5, 5.41) is 0. The molecule has 0 saturated heterocycles. The maximum Gasteiger partial charge on any atom is 0.333 e. The zero-order valence-electron chi connectivity index (χ0n) is 41.2. The Labute approximate surface area is 372 Å². The fourth-order valence-corrected chi connectivity index (χ4v) is 30.7. The van der Waals surface area contributed by atoms with Crippen LogP contribution >= 0.6 is 0 Å². The van der Waals surface area contributed by atoms with Crippen LogP contribution in [0.4, 0.5) is 0 Å². The second-order valence-corrected chi connectivity index (χ2v) is 44.9. The molecule has 2 unspecified atom stereocenters. The van der Waals surface area contributed by atoms with E-state index >= 15 is 0 Å². The van der Waals surface area contributed by atoms with Crippen molar-refractivity contribution in [3.05, 3.63) is 24.3 Å². The molecule has 0 saturated carbocycles. The summed E-state index contributed by atoms with van der Waals surface area (Å²) < 4.78 is 69.5. The van der Waals surface area contributed by atoms with Crippen molar-refractivity contribution < 1.29 is 63.9 Å². The van der Waals surface area contributed by atoms with E-state index in [0.29, 0.717) is 57.4 Å². The van der Waals surface area contributed by atoms with Crippen molar-refractivity contribution in [2.24, 2.45) is 0 Å². The number of carbonyl (C=O) groups is 2. The molecule has 0 aromatic rings. The Balaban J connectivity index is 0. The molecule has 356 valence electrons. The monoisotopic (exact) mass is 960 g/mol. The summed E-state index contributed by atoms with van der Waals surface area (Å²) in [5.41, 5.74) is 0.714. The number of methoxy groups -OCH3 is 2. The molecular weight excluding hydrogens is 873 g/mol. The molecule has 0 N–H and O–H groups in total. The Bertz CT molecular complexity index is 1180. The normalized spacial score (nSPS) is 13.9. The molecule has 0 aliphatic rings. The van der Waals surface area contributed by atoms with Crippen molar-refractivity contribution in [2.75, 3.05) is 80.3 Å². The number of esters is 2. The molecule has 0 fully saturated rings. The van der Waals surface area contributed by atoms with Gasteiger partial charge in [0.2, 0.25) is 0 Å². The smallest absolute Gasteiger partial charge is 0.333 e. The van der Waals surface area contributed by atoms with Gasteiger partial charge in [-0.2, -0.15) is 0 Å². The highest BCUT2D eigenvalue weighted by Crippen LogP contribution is 2.27. The van der Waals surface area contributed by atoms with Gasteiger partial charge in [0.05, 0.1) is 46.2 Å². The van der Waals surface area contributed by atoms with Crippen LogP contribution < -0.4 is 0 Å². The zero-order valence-corrected chi connectivity index (χ0v) is 47.2. The highest BCUT2D eigenvalue weighted by atomic mass is 28.5. The van der Waals surface area contributed by atoms with Crippen molar-refractivity contribution in [3.8, 4) is 0 Å². The largest absolute Gasteiger partial charge is 0.459 e. The summed E-state index contributed by atoms with van der Waals surface area (Å²) in [7, 11) is -8.09. The van der Waals surface area contributed by atoms with E-state index in [2.05, 4.69) is 105 Å². The first kappa shape index (κ1) is 61.4. The second-order valence-electron chi connectivity index (χ2n) is 19.2. The van der Waals surface area contributed by atoms with Crippen molar-refractivity contribution in [1.29, 1.82) is 0 Å². The van der Waals surface area contributed by atoms with Gasteiger partial charge in [-0.15, -0.1) is 0 Å². The molecular formula is C40H88O14Si6. The van der Waals surface area contributed by atoms with E-state index in [1.54, 1.807) is 28.1 Å². The fraction of sp³-hybridized carbons (Fsp3) is 0.850. The average molecular weight is 962 g/mol. The molecule has 2 atom stereocenters. The van der Waals surface area contributed by atoms with Gasteiger partial charge in [-0.05, 0) is 130 Å². The van der Waals surface area contributed by atoms with Crippen LogP contribution in [0.25, 0.3) is 0 Å². The third-order valence-corrected chi connectivity index (χ3v) is 26.5. The first-order valence-electron chi connectivity index (χ1n) is 21.2. The predicted octanol–water partition coefficient (Wildman–Crippen LogP) is 8.64. The predicted molar refractivity (Wildman–Crippen MR) is 256 cm³/mol. The maximum absolute atomic E-state index is 11.9. The number of ether oxygens (including phenoxy) is 8. The molecule has 60 heavy (non-hydrogen) atoms. The van der Waals surface area contributed by atoms with Crippen LogP contribution in [0.1, 0.15) is 26.7 Å². The zero-order chi connectivity index (χ0) is 46.8. The van der Waals surface area contributed by atoms with E-state index in [1.165, 1.54) is 0 Å². The van der Waals surface area contributed by atoms with Gasteiger partial charge < -0.3 is 54.4 Å². The Morgan fingerprint density at radius 3 is 1.17 bits per heavy atom. The summed E-state index contributed by atoms with van der Waals surface area (Å²) in [5.74, 6) is -0.866. The Kier molecular flexibility index (Phi) is 31.2. The van der Waals surface area contributed by atoms with Crippen LogP contribution in [0.15, 0.2) is 24.3 Å². The SMILES string of the molecule is C=C(C)C(=O)OC(COCCC[Si](C)(O[Si](C)(C)C)O[Si](C)(C)C)COCCOC.C=C(C)C(=O)OCC(COCCC[Si](C)(O[Si](C)(C)C)O[Si](C)(C)C)OCCOC. The van der Waals surface area contributed by atoms with Gasteiger partial charge in [0.25, 0.3) is 0 Å². The lowest BCUT2D eigenvalue weighted by Crippen LogP contribution is -2.52. The topological polar surface area (TPSA) is 145 Å². The van der Waals surface area contributed by atoms with Gasteiger partial charge in [-0.3, -0.25) is 0 Å². The molecule has 0 spiro atoms. The van der Waals surface area contributed by atoms with Crippen LogP contribution in [0.5, 0.6) is 0 Å². The van der Waals surface area contributed by atoms with Crippen LogP contribution in [0.3, 0.4) is 0 Å². The molecule has 0 heterocycles. The highest BCUT2D eigenvalue weighted by Gasteiger charge is 2.41. The third-order valence-electron chi connectivity index (χ3n) is 7.28. The Morgan fingerprint density at radius 2 is 0.817 bits per heavy atom. The standard InChI is InChI=1S/2C20H44O7Si3/c1-18(2)20(21)25-17-19(24-14-13-22-3)16-23-12-11-15-30(10,26-28(4,5)6)27-29(7,8)9;1-18(2)20(21)25-19(17-24-14-13-22-3)16-23-12-11-15-30(10,26-28(4,5)6)27-29(7,8)9/h2*19H,1,11-17H2,2-10H3. The van der Waals surface area contributed by atoms with E-state index in [0.717, 1.165) is 24.9 Å². The van der Waals surface area contributed by atoms with Gasteiger partial charge in [0.1, 0.15) is 18.8 Å². The summed E-state index contributed by atoms with van der Waals surface area (Å²) in [4.78, 5) is 23.5. The number of carbonyl (C=O) groups excluding carboxylic acids is 2. The molecule has 0 aliphatic heterocycles. The molecule has 0 aliphatic carbocycles. The van der Waals surface area contributed by atoms with Gasteiger partial charge in [-0.25, -0.2) is 9.59 Å².